The van der Waals surface area contributed by atoms with Gasteiger partial charge in [-0.05, 0) is 37.3 Å². The fraction of sp³-hybridized carbons (Fsp3) is 0.333. The molecule has 0 bridgehead atoms. The lowest BCUT2D eigenvalue weighted by Crippen LogP contribution is -3.14. The van der Waals surface area contributed by atoms with Gasteiger partial charge in [0, 0.05) is 17.7 Å². The summed E-state index contributed by atoms with van der Waals surface area (Å²) >= 11 is 0. The first-order chi connectivity index (χ1) is 14.4. The third kappa shape index (κ3) is 4.74. The van der Waals surface area contributed by atoms with Gasteiger partial charge < -0.3 is 19.9 Å². The first kappa shape index (κ1) is 21.3. The summed E-state index contributed by atoms with van der Waals surface area (Å²) in [4.78, 5) is 38.7. The standard InChI is InChI=1S/C21H24N4O5/c1-3-23-10-12-24(13-11-23)19-9-6-16(21(27)30-2)14-18(19)22-20(26)15-4-7-17(8-5-15)25(28)29/h4-9,14H,3,10-13H2,1-2H3,(H,22,26)/p+1. The normalized spacial score (nSPS) is 14.3. The summed E-state index contributed by atoms with van der Waals surface area (Å²) in [6.07, 6.45) is 0. The average molecular weight is 413 g/mol. The van der Waals surface area contributed by atoms with E-state index >= 15 is 0 Å². The van der Waals surface area contributed by atoms with E-state index < -0.39 is 16.8 Å². The van der Waals surface area contributed by atoms with Crippen LogP contribution in [0.3, 0.4) is 0 Å². The molecular formula is C21H25N4O5+. The minimum Gasteiger partial charge on any atom is -0.465 e. The highest BCUT2D eigenvalue weighted by Crippen LogP contribution is 2.28. The molecule has 9 heteroatoms. The van der Waals surface area contributed by atoms with E-state index in [4.69, 9.17) is 4.74 Å². The maximum atomic E-state index is 12.8. The number of rotatable bonds is 6. The fourth-order valence-corrected chi connectivity index (χ4v) is 3.50. The fourth-order valence-electron chi connectivity index (χ4n) is 3.50. The van der Waals surface area contributed by atoms with E-state index in [2.05, 4.69) is 17.1 Å². The molecule has 0 aliphatic carbocycles. The Morgan fingerprint density at radius 2 is 1.77 bits per heavy atom. The Labute approximate surface area is 174 Å². The van der Waals surface area contributed by atoms with Gasteiger partial charge in [0.2, 0.25) is 0 Å². The second-order valence-electron chi connectivity index (χ2n) is 7.07. The Hall–Kier alpha value is -3.46. The highest BCUT2D eigenvalue weighted by atomic mass is 16.6. The molecule has 2 aromatic carbocycles. The number of hydrogen-bond donors (Lipinski definition) is 2. The van der Waals surface area contributed by atoms with Crippen molar-refractivity contribution < 1.29 is 24.1 Å². The van der Waals surface area contributed by atoms with E-state index in [9.17, 15) is 19.7 Å². The van der Waals surface area contributed by atoms with Crippen molar-refractivity contribution in [1.29, 1.82) is 0 Å². The molecule has 3 rings (SSSR count). The smallest absolute Gasteiger partial charge is 0.337 e. The van der Waals surface area contributed by atoms with Gasteiger partial charge in [-0.2, -0.15) is 0 Å². The molecule has 0 aromatic heterocycles. The van der Waals surface area contributed by atoms with Crippen LogP contribution >= 0.6 is 0 Å². The number of esters is 1. The number of carbonyl (C=O) groups excluding carboxylic acids is 2. The van der Waals surface area contributed by atoms with Gasteiger partial charge in [0.05, 0.1) is 61.7 Å². The molecule has 1 aliphatic heterocycles. The number of methoxy groups -OCH3 is 1. The van der Waals surface area contributed by atoms with Crippen LogP contribution in [0, 0.1) is 10.1 Å². The molecule has 1 saturated heterocycles. The largest absolute Gasteiger partial charge is 0.465 e. The number of ether oxygens (including phenoxy) is 1. The summed E-state index contributed by atoms with van der Waals surface area (Å²) < 4.78 is 4.80. The van der Waals surface area contributed by atoms with Crippen LogP contribution < -0.4 is 15.1 Å². The molecular weight excluding hydrogens is 388 g/mol. The van der Waals surface area contributed by atoms with Crippen LogP contribution in [-0.4, -0.2) is 56.6 Å². The van der Waals surface area contributed by atoms with Gasteiger partial charge in [-0.25, -0.2) is 4.79 Å². The van der Waals surface area contributed by atoms with Crippen molar-refractivity contribution in [3.05, 3.63) is 63.7 Å². The minimum atomic E-state index is -0.516. The Bertz CT molecular complexity index is 937. The number of hydrogen-bond acceptors (Lipinski definition) is 6. The van der Waals surface area contributed by atoms with Gasteiger partial charge in [0.1, 0.15) is 0 Å². The summed E-state index contributed by atoms with van der Waals surface area (Å²) in [6.45, 7) is 6.88. The first-order valence-corrected chi connectivity index (χ1v) is 9.79. The van der Waals surface area contributed by atoms with E-state index in [0.29, 0.717) is 11.3 Å². The predicted octanol–water partition coefficient (Wildman–Crippen LogP) is 1.36. The number of carbonyl (C=O) groups is 2. The number of amides is 1. The van der Waals surface area contributed by atoms with Gasteiger partial charge in [-0.1, -0.05) is 0 Å². The van der Waals surface area contributed by atoms with E-state index in [1.165, 1.54) is 36.3 Å². The number of benzene rings is 2. The second-order valence-corrected chi connectivity index (χ2v) is 7.07. The van der Waals surface area contributed by atoms with E-state index in [-0.39, 0.29) is 11.3 Å². The third-order valence-electron chi connectivity index (χ3n) is 5.32. The average Bonchev–Trinajstić information content (AvgIpc) is 2.78. The van der Waals surface area contributed by atoms with Crippen LogP contribution in [0.15, 0.2) is 42.5 Å². The van der Waals surface area contributed by atoms with Crippen molar-refractivity contribution in [2.24, 2.45) is 0 Å². The van der Waals surface area contributed by atoms with Crippen molar-refractivity contribution >= 4 is 28.9 Å². The number of nitro groups is 1. The monoisotopic (exact) mass is 413 g/mol. The molecule has 2 N–H and O–H groups in total. The summed E-state index contributed by atoms with van der Waals surface area (Å²) in [6, 6.07) is 10.5. The van der Waals surface area contributed by atoms with Crippen molar-refractivity contribution in [2.75, 3.05) is 50.1 Å². The molecule has 158 valence electrons. The number of nitrogens with zero attached hydrogens (tertiary/aromatic N) is 2. The summed E-state index contributed by atoms with van der Waals surface area (Å²) in [5, 5.41) is 13.7. The molecule has 1 amide bonds. The molecule has 30 heavy (non-hydrogen) atoms. The summed E-state index contributed by atoms with van der Waals surface area (Å²) in [5.74, 6) is -0.904. The highest BCUT2D eigenvalue weighted by molar-refractivity contribution is 6.07. The molecule has 0 saturated carbocycles. The zero-order valence-corrected chi connectivity index (χ0v) is 17.0. The number of non-ortho nitro benzene ring substituents is 1. The molecule has 0 spiro atoms. The van der Waals surface area contributed by atoms with E-state index in [1.807, 2.05) is 6.07 Å². The van der Waals surface area contributed by atoms with Crippen LogP contribution in [0.4, 0.5) is 17.1 Å². The van der Waals surface area contributed by atoms with Gasteiger partial charge in [-0.15, -0.1) is 0 Å². The number of anilines is 2. The lowest BCUT2D eigenvalue weighted by Gasteiger charge is -2.34. The van der Waals surface area contributed by atoms with Crippen LogP contribution in [0.1, 0.15) is 27.6 Å². The molecule has 0 unspecified atom stereocenters. The predicted molar refractivity (Wildman–Crippen MR) is 112 cm³/mol. The third-order valence-corrected chi connectivity index (χ3v) is 5.32. The van der Waals surface area contributed by atoms with E-state index in [0.717, 1.165) is 38.4 Å². The number of quaternary nitrogens is 1. The Morgan fingerprint density at radius 1 is 1.13 bits per heavy atom. The molecule has 2 aromatic rings. The maximum Gasteiger partial charge on any atom is 0.337 e. The number of likely N-dealkylation sites (N-methyl/N-ethyl adjacent to an activating group) is 1. The van der Waals surface area contributed by atoms with Gasteiger partial charge >= 0.3 is 5.97 Å². The second kappa shape index (κ2) is 9.36. The molecule has 0 atom stereocenters. The molecule has 9 nitrogen and oxygen atoms in total. The van der Waals surface area contributed by atoms with Crippen molar-refractivity contribution in [2.45, 2.75) is 6.92 Å². The van der Waals surface area contributed by atoms with E-state index in [1.54, 1.807) is 12.1 Å². The topological polar surface area (TPSA) is 106 Å². The lowest BCUT2D eigenvalue weighted by atomic mass is 10.1. The van der Waals surface area contributed by atoms with Crippen molar-refractivity contribution in [3.8, 4) is 0 Å². The Balaban J connectivity index is 1.87. The highest BCUT2D eigenvalue weighted by Gasteiger charge is 2.23. The lowest BCUT2D eigenvalue weighted by molar-refractivity contribution is -0.898. The molecule has 0 radical (unpaired) electrons. The minimum absolute atomic E-state index is 0.0868. The van der Waals surface area contributed by atoms with Gasteiger partial charge in [0.15, 0.2) is 0 Å². The van der Waals surface area contributed by atoms with Gasteiger partial charge in [0.25, 0.3) is 11.6 Å². The zero-order chi connectivity index (χ0) is 21.7. The molecule has 1 aliphatic rings. The number of nitrogens with one attached hydrogen (secondary N) is 2. The zero-order valence-electron chi connectivity index (χ0n) is 17.0. The first-order valence-electron chi connectivity index (χ1n) is 9.79. The Morgan fingerprint density at radius 3 is 2.33 bits per heavy atom. The quantitative estimate of drug-likeness (QED) is 0.421. The summed E-state index contributed by atoms with van der Waals surface area (Å²) in [5.41, 5.74) is 1.86. The molecule has 1 fully saturated rings. The van der Waals surface area contributed by atoms with Crippen LogP contribution in [-0.2, 0) is 4.74 Å². The van der Waals surface area contributed by atoms with Crippen LogP contribution in [0.5, 0.6) is 0 Å². The van der Waals surface area contributed by atoms with Crippen molar-refractivity contribution in [1.82, 2.24) is 0 Å². The van der Waals surface area contributed by atoms with Crippen LogP contribution in [0.2, 0.25) is 0 Å². The number of piperazine rings is 1. The SMILES string of the molecule is CC[NH+]1CCN(c2ccc(C(=O)OC)cc2NC(=O)c2ccc([N+](=O)[O-])cc2)CC1. The molecule has 1 heterocycles. The van der Waals surface area contributed by atoms with Crippen molar-refractivity contribution in [3.63, 3.8) is 0 Å². The van der Waals surface area contributed by atoms with Crippen LogP contribution in [0.25, 0.3) is 0 Å². The maximum absolute atomic E-state index is 12.8. The Kier molecular flexibility index (Phi) is 6.63. The number of nitro benzene ring substituents is 1. The van der Waals surface area contributed by atoms with Gasteiger partial charge in [-0.3, -0.25) is 14.9 Å². The summed E-state index contributed by atoms with van der Waals surface area (Å²) in [7, 11) is 1.30.